The fraction of sp³-hybridized carbons (Fsp3) is 0.250. The highest BCUT2D eigenvalue weighted by atomic mass is 35.5. The SMILES string of the molecule is C[C@@]1(F)[C@H](c2cc(Cl)ccc2C(=O)O)[C@H](COC(=O)c2ccccc2)O[C@@H]1n1ccc(=O)[nH]c1=O. The number of aromatic nitrogens is 2. The zero-order valence-electron chi connectivity index (χ0n) is 18.3. The molecule has 0 aliphatic carbocycles. The van der Waals surface area contributed by atoms with Gasteiger partial charge in [0.25, 0.3) is 5.56 Å². The largest absolute Gasteiger partial charge is 0.478 e. The topological polar surface area (TPSA) is 128 Å². The number of carbonyl (C=O) groups excluding carboxylic acids is 1. The smallest absolute Gasteiger partial charge is 0.338 e. The standard InChI is InChI=1S/C24H20ClFN2O7/c1-24(26)19(16-11-14(25)7-8-15(16)20(30)31)17(12-34-21(32)13-5-3-2-4-6-13)35-22(24)28-10-9-18(29)27-23(28)33/h2-11,17,19,22H,12H2,1H3,(H,30,31)(H,27,29,33)/t17-,19+,22-,24+/m0/s1. The van der Waals surface area contributed by atoms with Crippen molar-refractivity contribution in [2.45, 2.75) is 30.8 Å². The number of carboxylic acid groups (broad SMARTS) is 1. The average molecular weight is 503 g/mol. The first-order chi connectivity index (χ1) is 16.6. The summed E-state index contributed by atoms with van der Waals surface area (Å²) in [4.78, 5) is 50.4. The molecule has 1 aliphatic rings. The number of aromatic amines is 1. The van der Waals surface area contributed by atoms with Crippen LogP contribution in [-0.2, 0) is 9.47 Å². The van der Waals surface area contributed by atoms with Crippen LogP contribution in [0, 0.1) is 0 Å². The molecule has 11 heteroatoms. The third kappa shape index (κ3) is 4.75. The van der Waals surface area contributed by atoms with Gasteiger partial charge >= 0.3 is 17.6 Å². The number of halogens is 2. The molecule has 3 aromatic rings. The van der Waals surface area contributed by atoms with Gasteiger partial charge in [0.15, 0.2) is 11.9 Å². The predicted octanol–water partition coefficient (Wildman–Crippen LogP) is 3.15. The van der Waals surface area contributed by atoms with E-state index in [4.69, 9.17) is 21.1 Å². The first-order valence-electron chi connectivity index (χ1n) is 10.5. The van der Waals surface area contributed by atoms with Crippen LogP contribution in [0.1, 0.15) is 45.3 Å². The molecule has 1 aliphatic heterocycles. The maximum absolute atomic E-state index is 16.5. The summed E-state index contributed by atoms with van der Waals surface area (Å²) in [5, 5.41) is 9.87. The third-order valence-electron chi connectivity index (χ3n) is 5.84. The number of hydrogen-bond acceptors (Lipinski definition) is 6. The Bertz CT molecular complexity index is 1390. The molecular weight excluding hydrogens is 483 g/mol. The summed E-state index contributed by atoms with van der Waals surface area (Å²) in [5.74, 6) is -3.32. The number of H-pyrrole nitrogens is 1. The van der Waals surface area contributed by atoms with E-state index in [1.54, 1.807) is 18.2 Å². The molecule has 1 fully saturated rings. The van der Waals surface area contributed by atoms with Crippen LogP contribution < -0.4 is 11.2 Å². The van der Waals surface area contributed by atoms with Crippen LogP contribution in [0.15, 0.2) is 70.4 Å². The summed E-state index contributed by atoms with van der Waals surface area (Å²) in [5.41, 5.74) is -3.95. The van der Waals surface area contributed by atoms with Gasteiger partial charge in [0.05, 0.1) is 17.0 Å². The molecular formula is C24H20ClFN2O7. The number of esters is 1. The van der Waals surface area contributed by atoms with Crippen LogP contribution in [0.5, 0.6) is 0 Å². The molecule has 1 aromatic heterocycles. The summed E-state index contributed by atoms with van der Waals surface area (Å²) < 4.78 is 28.6. The van der Waals surface area contributed by atoms with E-state index in [9.17, 15) is 24.3 Å². The van der Waals surface area contributed by atoms with Crippen molar-refractivity contribution >= 4 is 23.5 Å². The van der Waals surface area contributed by atoms with E-state index in [2.05, 4.69) is 0 Å². The molecule has 182 valence electrons. The number of aromatic carboxylic acids is 1. The van der Waals surface area contributed by atoms with E-state index in [1.165, 1.54) is 30.3 Å². The zero-order valence-corrected chi connectivity index (χ0v) is 19.1. The molecule has 2 N–H and O–H groups in total. The van der Waals surface area contributed by atoms with Crippen molar-refractivity contribution in [3.05, 3.63) is 103 Å². The fourth-order valence-corrected chi connectivity index (χ4v) is 4.47. The number of hydrogen-bond donors (Lipinski definition) is 2. The second-order valence-electron chi connectivity index (χ2n) is 8.17. The van der Waals surface area contributed by atoms with Crippen LogP contribution in [-0.4, -0.2) is 45.0 Å². The summed E-state index contributed by atoms with van der Waals surface area (Å²) in [7, 11) is 0. The predicted molar refractivity (Wildman–Crippen MR) is 123 cm³/mol. The Balaban J connectivity index is 1.77. The van der Waals surface area contributed by atoms with Crippen molar-refractivity contribution in [3.63, 3.8) is 0 Å². The molecule has 0 radical (unpaired) electrons. The Morgan fingerprint density at radius 3 is 2.57 bits per heavy atom. The van der Waals surface area contributed by atoms with Crippen molar-refractivity contribution in [2.24, 2.45) is 0 Å². The van der Waals surface area contributed by atoms with Gasteiger partial charge in [-0.3, -0.25) is 14.3 Å². The highest BCUT2D eigenvalue weighted by Crippen LogP contribution is 2.51. The van der Waals surface area contributed by atoms with Crippen LogP contribution in [0.4, 0.5) is 4.39 Å². The number of benzene rings is 2. The summed E-state index contributed by atoms with van der Waals surface area (Å²) in [6.45, 7) is 0.698. The minimum absolute atomic E-state index is 0.00994. The van der Waals surface area contributed by atoms with Crippen LogP contribution in [0.2, 0.25) is 5.02 Å². The van der Waals surface area contributed by atoms with Gasteiger partial charge in [-0.25, -0.2) is 18.8 Å². The highest BCUT2D eigenvalue weighted by Gasteiger charge is 2.57. The molecule has 4 rings (SSSR count). The number of ether oxygens (including phenoxy) is 2. The van der Waals surface area contributed by atoms with E-state index >= 15 is 4.39 Å². The van der Waals surface area contributed by atoms with Gasteiger partial charge in [-0.05, 0) is 42.8 Å². The quantitative estimate of drug-likeness (QED) is 0.495. The normalized spacial score (nSPS) is 23.7. The molecule has 0 spiro atoms. The lowest BCUT2D eigenvalue weighted by Gasteiger charge is -2.29. The lowest BCUT2D eigenvalue weighted by atomic mass is 9.80. The molecule has 1 saturated heterocycles. The van der Waals surface area contributed by atoms with E-state index < -0.39 is 53.7 Å². The second kappa shape index (κ2) is 9.47. The zero-order chi connectivity index (χ0) is 25.3. The molecule has 35 heavy (non-hydrogen) atoms. The number of carbonyl (C=O) groups is 2. The van der Waals surface area contributed by atoms with Crippen LogP contribution in [0.3, 0.4) is 0 Å². The highest BCUT2D eigenvalue weighted by molar-refractivity contribution is 6.30. The maximum atomic E-state index is 16.5. The molecule has 2 aromatic carbocycles. The lowest BCUT2D eigenvalue weighted by molar-refractivity contribution is -0.0643. The van der Waals surface area contributed by atoms with Crippen LogP contribution in [0.25, 0.3) is 0 Å². The Labute approximate surface area is 202 Å². The Morgan fingerprint density at radius 2 is 1.91 bits per heavy atom. The van der Waals surface area contributed by atoms with Crippen molar-refractivity contribution in [2.75, 3.05) is 6.61 Å². The maximum Gasteiger partial charge on any atom is 0.338 e. The molecule has 0 bridgehead atoms. The number of carboxylic acids is 1. The minimum atomic E-state index is -2.39. The van der Waals surface area contributed by atoms with E-state index in [0.717, 1.165) is 23.8 Å². The molecule has 9 nitrogen and oxygen atoms in total. The van der Waals surface area contributed by atoms with Gasteiger partial charge in [-0.1, -0.05) is 29.8 Å². The molecule has 0 saturated carbocycles. The summed E-state index contributed by atoms with van der Waals surface area (Å²) >= 11 is 6.11. The van der Waals surface area contributed by atoms with Gasteiger partial charge in [0.2, 0.25) is 0 Å². The van der Waals surface area contributed by atoms with E-state index in [0.29, 0.717) is 0 Å². The van der Waals surface area contributed by atoms with E-state index in [1.807, 2.05) is 4.98 Å². The Morgan fingerprint density at radius 1 is 1.20 bits per heavy atom. The molecule has 0 unspecified atom stereocenters. The minimum Gasteiger partial charge on any atom is -0.478 e. The van der Waals surface area contributed by atoms with Crippen LogP contribution >= 0.6 is 11.6 Å². The molecule has 4 atom stereocenters. The number of rotatable bonds is 6. The number of nitrogens with zero attached hydrogens (tertiary/aromatic N) is 1. The first kappa shape index (κ1) is 24.4. The second-order valence-corrected chi connectivity index (χ2v) is 8.61. The van der Waals surface area contributed by atoms with Crippen molar-refractivity contribution in [1.82, 2.24) is 9.55 Å². The van der Waals surface area contributed by atoms with Crippen molar-refractivity contribution in [1.29, 1.82) is 0 Å². The fourth-order valence-electron chi connectivity index (χ4n) is 4.28. The average Bonchev–Trinajstić information content (AvgIpc) is 3.07. The van der Waals surface area contributed by atoms with Gasteiger partial charge < -0.3 is 14.6 Å². The third-order valence-corrected chi connectivity index (χ3v) is 6.07. The Hall–Kier alpha value is -3.76. The van der Waals surface area contributed by atoms with Gasteiger partial charge in [-0.15, -0.1) is 0 Å². The summed E-state index contributed by atoms with van der Waals surface area (Å²) in [6.07, 6.45) is -1.69. The van der Waals surface area contributed by atoms with Gasteiger partial charge in [0.1, 0.15) is 12.7 Å². The lowest BCUT2D eigenvalue weighted by Crippen LogP contribution is -2.40. The van der Waals surface area contributed by atoms with Crippen molar-refractivity contribution in [3.8, 4) is 0 Å². The van der Waals surface area contributed by atoms with Gasteiger partial charge in [0, 0.05) is 17.3 Å². The van der Waals surface area contributed by atoms with Gasteiger partial charge in [-0.2, -0.15) is 0 Å². The molecule has 2 heterocycles. The Kier molecular flexibility index (Phi) is 6.60. The number of nitrogens with one attached hydrogen (secondary N) is 1. The summed E-state index contributed by atoms with van der Waals surface area (Å²) in [6, 6.07) is 13.0. The molecule has 0 amide bonds. The number of alkyl halides is 1. The van der Waals surface area contributed by atoms with Crippen molar-refractivity contribution < 1.29 is 28.6 Å². The first-order valence-corrected chi connectivity index (χ1v) is 10.9. The van der Waals surface area contributed by atoms with E-state index in [-0.39, 0.29) is 21.7 Å². The monoisotopic (exact) mass is 502 g/mol.